The second-order valence-electron chi connectivity index (χ2n) is 3.42. The summed E-state index contributed by atoms with van der Waals surface area (Å²) >= 11 is 0. The van der Waals surface area contributed by atoms with Crippen molar-refractivity contribution in [3.05, 3.63) is 18.2 Å². The maximum absolute atomic E-state index is 11.4. The second kappa shape index (κ2) is 4.68. The summed E-state index contributed by atoms with van der Waals surface area (Å²) in [6.07, 6.45) is 0.684. The van der Waals surface area contributed by atoms with E-state index < -0.39 is 0 Å². The van der Waals surface area contributed by atoms with Gasteiger partial charge in [-0.2, -0.15) is 0 Å². The fraction of sp³-hybridized carbons (Fsp3) is 0.364. The minimum atomic E-state index is -0.373. The highest BCUT2D eigenvalue weighted by Gasteiger charge is 2.13. The largest absolute Gasteiger partial charge is 0.508 e. The highest BCUT2D eigenvalue weighted by molar-refractivity contribution is 5.74. The Morgan fingerprint density at radius 3 is 2.33 bits per heavy atom. The van der Waals surface area contributed by atoms with Crippen molar-refractivity contribution in [3.63, 3.8) is 0 Å². The summed E-state index contributed by atoms with van der Waals surface area (Å²) < 4.78 is 4.97. The van der Waals surface area contributed by atoms with Crippen molar-refractivity contribution < 1.29 is 19.7 Å². The predicted octanol–water partition coefficient (Wildman–Crippen LogP) is 2.05. The average molecular weight is 210 g/mol. The van der Waals surface area contributed by atoms with Gasteiger partial charge in [0, 0.05) is 18.2 Å². The van der Waals surface area contributed by atoms with Gasteiger partial charge in [0.1, 0.15) is 17.2 Å². The first-order valence-corrected chi connectivity index (χ1v) is 4.77. The third-order valence-electron chi connectivity index (χ3n) is 2.11. The Morgan fingerprint density at radius 1 is 1.33 bits per heavy atom. The SMILES string of the molecule is CCC(C)C(=O)Oc1cc(O)cc(O)c1. The first kappa shape index (κ1) is 11.4. The highest BCUT2D eigenvalue weighted by atomic mass is 16.5. The number of phenolic OH excluding ortho intramolecular Hbond substituents is 2. The lowest BCUT2D eigenvalue weighted by molar-refractivity contribution is -0.138. The zero-order chi connectivity index (χ0) is 11.4. The molecule has 0 fully saturated rings. The number of hydrogen-bond donors (Lipinski definition) is 2. The van der Waals surface area contributed by atoms with Crippen molar-refractivity contribution in [2.45, 2.75) is 20.3 Å². The molecule has 2 N–H and O–H groups in total. The summed E-state index contributed by atoms with van der Waals surface area (Å²) in [6, 6.07) is 3.72. The molecular formula is C11H14O4. The molecule has 0 spiro atoms. The number of esters is 1. The van der Waals surface area contributed by atoms with Crippen molar-refractivity contribution in [1.29, 1.82) is 0 Å². The summed E-state index contributed by atoms with van der Waals surface area (Å²) in [4.78, 5) is 11.4. The Balaban J connectivity index is 2.76. The minimum Gasteiger partial charge on any atom is -0.508 e. The Bertz CT molecular complexity index is 339. The van der Waals surface area contributed by atoms with Crippen molar-refractivity contribution in [2.24, 2.45) is 5.92 Å². The molecule has 1 unspecified atom stereocenters. The molecule has 0 radical (unpaired) electrons. The number of phenols is 2. The molecule has 1 aromatic rings. The number of carbonyl (C=O) groups excluding carboxylic acids is 1. The third-order valence-corrected chi connectivity index (χ3v) is 2.11. The molecule has 0 bridgehead atoms. The van der Waals surface area contributed by atoms with Crippen LogP contribution in [-0.2, 0) is 4.79 Å². The van der Waals surface area contributed by atoms with E-state index in [0.29, 0.717) is 6.42 Å². The first-order valence-electron chi connectivity index (χ1n) is 4.77. The van der Waals surface area contributed by atoms with Crippen molar-refractivity contribution in [2.75, 3.05) is 0 Å². The van der Waals surface area contributed by atoms with Gasteiger partial charge in [0.15, 0.2) is 0 Å². The van der Waals surface area contributed by atoms with Gasteiger partial charge in [-0.25, -0.2) is 0 Å². The van der Waals surface area contributed by atoms with E-state index in [2.05, 4.69) is 0 Å². The summed E-state index contributed by atoms with van der Waals surface area (Å²) in [5.41, 5.74) is 0. The molecule has 0 aliphatic rings. The summed E-state index contributed by atoms with van der Waals surface area (Å²) in [5, 5.41) is 18.3. The van der Waals surface area contributed by atoms with Gasteiger partial charge in [-0.05, 0) is 6.42 Å². The van der Waals surface area contributed by atoms with Gasteiger partial charge < -0.3 is 14.9 Å². The number of carbonyl (C=O) groups is 1. The van der Waals surface area contributed by atoms with Crippen LogP contribution >= 0.6 is 0 Å². The zero-order valence-electron chi connectivity index (χ0n) is 8.73. The van der Waals surface area contributed by atoms with Gasteiger partial charge in [0.25, 0.3) is 0 Å². The lowest BCUT2D eigenvalue weighted by Gasteiger charge is -2.09. The van der Waals surface area contributed by atoms with Crippen molar-refractivity contribution >= 4 is 5.97 Å². The van der Waals surface area contributed by atoms with Gasteiger partial charge in [-0.15, -0.1) is 0 Å². The molecule has 0 aliphatic heterocycles. The fourth-order valence-corrected chi connectivity index (χ4v) is 1.01. The van der Waals surface area contributed by atoms with E-state index in [-0.39, 0.29) is 29.1 Å². The third kappa shape index (κ3) is 3.16. The second-order valence-corrected chi connectivity index (χ2v) is 3.42. The lowest BCUT2D eigenvalue weighted by Crippen LogP contribution is -2.16. The van der Waals surface area contributed by atoms with Crippen LogP contribution in [0.5, 0.6) is 17.2 Å². The van der Waals surface area contributed by atoms with Gasteiger partial charge in [-0.3, -0.25) is 4.79 Å². The molecule has 0 heterocycles. The van der Waals surface area contributed by atoms with Crippen molar-refractivity contribution in [1.82, 2.24) is 0 Å². The number of aromatic hydroxyl groups is 2. The number of ether oxygens (including phenoxy) is 1. The molecular weight excluding hydrogens is 196 g/mol. The number of hydrogen-bond acceptors (Lipinski definition) is 4. The van der Waals surface area contributed by atoms with Crippen LogP contribution in [0.25, 0.3) is 0 Å². The average Bonchev–Trinajstić information content (AvgIpc) is 2.14. The molecule has 0 saturated carbocycles. The van der Waals surface area contributed by atoms with Crippen LogP contribution in [0.4, 0.5) is 0 Å². The standard InChI is InChI=1S/C11H14O4/c1-3-7(2)11(14)15-10-5-8(12)4-9(13)6-10/h4-7,12-13H,3H2,1-2H3. The summed E-state index contributed by atoms with van der Waals surface area (Å²) in [5.74, 6) is -0.696. The molecule has 1 rings (SSSR count). The Kier molecular flexibility index (Phi) is 3.55. The summed E-state index contributed by atoms with van der Waals surface area (Å²) in [7, 11) is 0. The Hall–Kier alpha value is -1.71. The van der Waals surface area contributed by atoms with E-state index >= 15 is 0 Å². The molecule has 0 saturated heterocycles. The smallest absolute Gasteiger partial charge is 0.314 e. The maximum atomic E-state index is 11.4. The van der Waals surface area contributed by atoms with E-state index in [1.54, 1.807) is 6.92 Å². The summed E-state index contributed by atoms with van der Waals surface area (Å²) in [6.45, 7) is 3.64. The van der Waals surface area contributed by atoms with Crippen LogP contribution < -0.4 is 4.74 Å². The topological polar surface area (TPSA) is 66.8 Å². The van der Waals surface area contributed by atoms with Crippen LogP contribution in [-0.4, -0.2) is 16.2 Å². The number of benzene rings is 1. The van der Waals surface area contributed by atoms with E-state index in [0.717, 1.165) is 0 Å². The van der Waals surface area contributed by atoms with Crippen LogP contribution in [0.1, 0.15) is 20.3 Å². The molecule has 1 aromatic carbocycles. The van der Waals surface area contributed by atoms with Gasteiger partial charge in [-0.1, -0.05) is 13.8 Å². The minimum absolute atomic E-state index is 0.137. The molecule has 15 heavy (non-hydrogen) atoms. The van der Waals surface area contributed by atoms with Gasteiger partial charge >= 0.3 is 5.97 Å². The van der Waals surface area contributed by atoms with Gasteiger partial charge in [0.2, 0.25) is 0 Å². The molecule has 1 atom stereocenters. The van der Waals surface area contributed by atoms with Crippen molar-refractivity contribution in [3.8, 4) is 17.2 Å². The Morgan fingerprint density at radius 2 is 1.87 bits per heavy atom. The fourth-order valence-electron chi connectivity index (χ4n) is 1.01. The molecule has 4 nitrogen and oxygen atoms in total. The molecule has 0 aromatic heterocycles. The van der Waals surface area contributed by atoms with Crippen LogP contribution in [0.3, 0.4) is 0 Å². The van der Waals surface area contributed by atoms with E-state index in [4.69, 9.17) is 14.9 Å². The van der Waals surface area contributed by atoms with E-state index in [1.807, 2.05) is 6.92 Å². The monoisotopic (exact) mass is 210 g/mol. The zero-order valence-corrected chi connectivity index (χ0v) is 8.73. The molecule has 0 aliphatic carbocycles. The predicted molar refractivity (Wildman–Crippen MR) is 54.9 cm³/mol. The van der Waals surface area contributed by atoms with E-state index in [9.17, 15) is 4.79 Å². The number of rotatable bonds is 3. The maximum Gasteiger partial charge on any atom is 0.314 e. The van der Waals surface area contributed by atoms with Crippen LogP contribution in [0, 0.1) is 5.92 Å². The molecule has 0 amide bonds. The van der Waals surface area contributed by atoms with E-state index in [1.165, 1.54) is 18.2 Å². The van der Waals surface area contributed by atoms with Gasteiger partial charge in [0.05, 0.1) is 5.92 Å². The first-order chi connectivity index (χ1) is 7.02. The molecule has 82 valence electrons. The normalized spacial score (nSPS) is 12.1. The van der Waals surface area contributed by atoms with Crippen LogP contribution in [0.2, 0.25) is 0 Å². The lowest BCUT2D eigenvalue weighted by atomic mass is 10.1. The molecule has 4 heteroatoms. The van der Waals surface area contributed by atoms with Crippen LogP contribution in [0.15, 0.2) is 18.2 Å². The highest BCUT2D eigenvalue weighted by Crippen LogP contribution is 2.26. The quantitative estimate of drug-likeness (QED) is 0.592. The Labute approximate surface area is 88.1 Å².